The van der Waals surface area contributed by atoms with Crippen molar-refractivity contribution >= 4 is 12.0 Å². The number of amides is 2. The molecule has 7 nitrogen and oxygen atoms in total. The second-order valence-corrected chi connectivity index (χ2v) is 3.56. The fourth-order valence-corrected chi connectivity index (χ4v) is 1.46. The van der Waals surface area contributed by atoms with Gasteiger partial charge in [0.2, 0.25) is 0 Å². The van der Waals surface area contributed by atoms with E-state index in [1.165, 1.54) is 0 Å². The van der Waals surface area contributed by atoms with Gasteiger partial charge in [-0.3, -0.25) is 10.2 Å². The molecular weight excluding hydrogens is 238 g/mol. The molecular formula is C11H15N3O4. The predicted octanol–water partition coefficient (Wildman–Crippen LogP) is -0.136. The maximum absolute atomic E-state index is 11.4. The summed E-state index contributed by atoms with van der Waals surface area (Å²) in [5, 5.41) is 10.7. The zero-order valence-electron chi connectivity index (χ0n) is 9.84. The highest BCUT2D eigenvalue weighted by molar-refractivity contribution is 5.85. The summed E-state index contributed by atoms with van der Waals surface area (Å²) >= 11 is 0. The Balaban J connectivity index is 2.75. The second-order valence-electron chi connectivity index (χ2n) is 3.56. The van der Waals surface area contributed by atoms with E-state index in [1.54, 1.807) is 31.4 Å². The van der Waals surface area contributed by atoms with Crippen molar-refractivity contribution in [2.24, 2.45) is 5.84 Å². The van der Waals surface area contributed by atoms with Crippen LogP contribution in [0.25, 0.3) is 0 Å². The van der Waals surface area contributed by atoms with Crippen LogP contribution in [0.1, 0.15) is 5.56 Å². The van der Waals surface area contributed by atoms with E-state index in [0.29, 0.717) is 5.75 Å². The van der Waals surface area contributed by atoms with Gasteiger partial charge in [0.25, 0.3) is 5.91 Å². The van der Waals surface area contributed by atoms with Crippen LogP contribution < -0.4 is 21.3 Å². The topological polar surface area (TPSA) is 114 Å². The third-order valence-corrected chi connectivity index (χ3v) is 2.36. The van der Waals surface area contributed by atoms with Gasteiger partial charge < -0.3 is 15.2 Å². The summed E-state index contributed by atoms with van der Waals surface area (Å²) in [4.78, 5) is 22.0. The Morgan fingerprint density at radius 3 is 2.44 bits per heavy atom. The van der Waals surface area contributed by atoms with Crippen molar-refractivity contribution in [1.29, 1.82) is 0 Å². The number of hydrogen-bond acceptors (Lipinski definition) is 4. The monoisotopic (exact) mass is 253 g/mol. The van der Waals surface area contributed by atoms with Gasteiger partial charge in [-0.25, -0.2) is 10.6 Å². The van der Waals surface area contributed by atoms with E-state index < -0.39 is 18.0 Å². The van der Waals surface area contributed by atoms with E-state index >= 15 is 0 Å². The van der Waals surface area contributed by atoms with E-state index in [1.807, 2.05) is 5.43 Å². The molecule has 1 atom stereocenters. The highest BCUT2D eigenvalue weighted by Crippen LogP contribution is 2.12. The number of nitrogens with one attached hydrogen (secondary N) is 2. The van der Waals surface area contributed by atoms with Crippen molar-refractivity contribution in [3.63, 3.8) is 0 Å². The van der Waals surface area contributed by atoms with E-state index in [9.17, 15) is 9.59 Å². The molecule has 0 heterocycles. The van der Waals surface area contributed by atoms with Gasteiger partial charge >= 0.3 is 6.09 Å². The molecule has 0 aliphatic heterocycles. The van der Waals surface area contributed by atoms with Crippen molar-refractivity contribution in [2.45, 2.75) is 12.5 Å². The quantitative estimate of drug-likeness (QED) is 0.331. The molecule has 5 N–H and O–H groups in total. The molecule has 0 aliphatic rings. The molecule has 1 aromatic carbocycles. The van der Waals surface area contributed by atoms with E-state index in [0.717, 1.165) is 5.56 Å². The number of nitrogens with two attached hydrogens (primary N) is 1. The van der Waals surface area contributed by atoms with Gasteiger partial charge in [0, 0.05) is 6.42 Å². The molecule has 1 rings (SSSR count). The number of carbonyl (C=O) groups excluding carboxylic acids is 1. The zero-order valence-corrected chi connectivity index (χ0v) is 9.84. The van der Waals surface area contributed by atoms with Crippen LogP contribution in [0.2, 0.25) is 0 Å². The molecule has 0 saturated carbocycles. The first-order valence-corrected chi connectivity index (χ1v) is 5.19. The van der Waals surface area contributed by atoms with Gasteiger partial charge in [-0.05, 0) is 17.7 Å². The summed E-state index contributed by atoms with van der Waals surface area (Å²) in [6.07, 6.45) is -1.07. The summed E-state index contributed by atoms with van der Waals surface area (Å²) in [5.74, 6) is 5.09. The number of carbonyl (C=O) groups is 2. The number of rotatable bonds is 5. The molecule has 2 amide bonds. The highest BCUT2D eigenvalue weighted by atomic mass is 16.5. The average molecular weight is 253 g/mol. The van der Waals surface area contributed by atoms with Gasteiger partial charge in [0.05, 0.1) is 7.11 Å². The lowest BCUT2D eigenvalue weighted by atomic mass is 10.1. The molecule has 18 heavy (non-hydrogen) atoms. The fraction of sp³-hybridized carbons (Fsp3) is 0.273. The highest BCUT2D eigenvalue weighted by Gasteiger charge is 2.19. The largest absolute Gasteiger partial charge is 0.497 e. The summed E-state index contributed by atoms with van der Waals surface area (Å²) in [7, 11) is 1.55. The minimum absolute atomic E-state index is 0.208. The van der Waals surface area contributed by atoms with Gasteiger partial charge in [-0.1, -0.05) is 12.1 Å². The first-order valence-electron chi connectivity index (χ1n) is 5.19. The number of carboxylic acid groups (broad SMARTS) is 1. The van der Waals surface area contributed by atoms with Gasteiger partial charge in [-0.2, -0.15) is 0 Å². The number of hydrazine groups is 1. The van der Waals surface area contributed by atoms with Crippen molar-refractivity contribution in [1.82, 2.24) is 10.7 Å². The molecule has 0 bridgehead atoms. The Kier molecular flexibility index (Phi) is 4.94. The first-order chi connectivity index (χ1) is 8.56. The van der Waals surface area contributed by atoms with Gasteiger partial charge in [0.1, 0.15) is 11.8 Å². The number of methoxy groups -OCH3 is 1. The average Bonchev–Trinajstić information content (AvgIpc) is 2.37. The Bertz CT molecular complexity index is 419. The summed E-state index contributed by atoms with van der Waals surface area (Å²) in [6, 6.07) is 6.03. The van der Waals surface area contributed by atoms with Gasteiger partial charge in [0.15, 0.2) is 0 Å². The lowest BCUT2D eigenvalue weighted by molar-refractivity contribution is -0.123. The number of hydrogen-bond donors (Lipinski definition) is 4. The second kappa shape index (κ2) is 6.45. The van der Waals surface area contributed by atoms with Gasteiger partial charge in [-0.15, -0.1) is 0 Å². The molecule has 0 aromatic heterocycles. The Morgan fingerprint density at radius 1 is 1.39 bits per heavy atom. The summed E-state index contributed by atoms with van der Waals surface area (Å²) in [6.45, 7) is 0. The molecule has 0 radical (unpaired) electrons. The lowest BCUT2D eigenvalue weighted by Crippen LogP contribution is -2.49. The van der Waals surface area contributed by atoms with Crippen molar-refractivity contribution in [3.05, 3.63) is 29.8 Å². The number of benzene rings is 1. The summed E-state index contributed by atoms with van der Waals surface area (Å²) in [5.41, 5.74) is 2.71. The van der Waals surface area contributed by atoms with Crippen molar-refractivity contribution < 1.29 is 19.4 Å². The normalized spacial score (nSPS) is 11.4. The maximum Gasteiger partial charge on any atom is 0.405 e. The van der Waals surface area contributed by atoms with Crippen LogP contribution in [-0.4, -0.2) is 30.3 Å². The molecule has 0 fully saturated rings. The van der Waals surface area contributed by atoms with Crippen molar-refractivity contribution in [2.75, 3.05) is 7.11 Å². The molecule has 0 aliphatic carbocycles. The molecule has 1 unspecified atom stereocenters. The summed E-state index contributed by atoms with van der Waals surface area (Å²) < 4.78 is 5.00. The van der Waals surface area contributed by atoms with Crippen LogP contribution in [0.5, 0.6) is 5.75 Å². The Labute approximate surface area is 104 Å². The third-order valence-electron chi connectivity index (χ3n) is 2.36. The van der Waals surface area contributed by atoms with Crippen molar-refractivity contribution in [3.8, 4) is 5.75 Å². The minimum Gasteiger partial charge on any atom is -0.497 e. The van der Waals surface area contributed by atoms with E-state index in [4.69, 9.17) is 15.7 Å². The first kappa shape index (κ1) is 13.8. The van der Waals surface area contributed by atoms with Crippen LogP contribution in [0.4, 0.5) is 4.79 Å². The third kappa shape index (κ3) is 3.95. The molecule has 0 saturated heterocycles. The van der Waals surface area contributed by atoms with Crippen LogP contribution >= 0.6 is 0 Å². The molecule has 7 heteroatoms. The standard InChI is InChI=1S/C11H15N3O4/c1-18-8-4-2-7(3-5-8)6-9(10(15)14-12)13-11(16)17/h2-5,9,13H,6,12H2,1H3,(H,14,15)(H,16,17). The fourth-order valence-electron chi connectivity index (χ4n) is 1.46. The lowest BCUT2D eigenvalue weighted by Gasteiger charge is -2.15. The van der Waals surface area contributed by atoms with E-state index in [2.05, 4.69) is 5.32 Å². The maximum atomic E-state index is 11.4. The minimum atomic E-state index is -1.28. The predicted molar refractivity (Wildman–Crippen MR) is 64.0 cm³/mol. The van der Waals surface area contributed by atoms with Crippen LogP contribution in [0.3, 0.4) is 0 Å². The Hall–Kier alpha value is -2.28. The molecule has 0 spiro atoms. The van der Waals surface area contributed by atoms with Crippen LogP contribution in [0.15, 0.2) is 24.3 Å². The molecule has 98 valence electrons. The van der Waals surface area contributed by atoms with E-state index in [-0.39, 0.29) is 6.42 Å². The number of ether oxygens (including phenoxy) is 1. The smallest absolute Gasteiger partial charge is 0.405 e. The SMILES string of the molecule is COc1ccc(CC(NC(=O)O)C(=O)NN)cc1. The Morgan fingerprint density at radius 2 is 2.00 bits per heavy atom. The van der Waals surface area contributed by atoms with Crippen LogP contribution in [-0.2, 0) is 11.2 Å². The zero-order chi connectivity index (χ0) is 13.5. The molecule has 1 aromatic rings. The van der Waals surface area contributed by atoms with Crippen LogP contribution in [0, 0.1) is 0 Å².